The van der Waals surface area contributed by atoms with Gasteiger partial charge in [0.2, 0.25) is 0 Å². The van der Waals surface area contributed by atoms with Gasteiger partial charge in [-0.1, -0.05) is 36.4 Å². The quantitative estimate of drug-likeness (QED) is 0.477. The van der Waals surface area contributed by atoms with Crippen LogP contribution in [0.25, 0.3) is 0 Å². The summed E-state index contributed by atoms with van der Waals surface area (Å²) in [5.41, 5.74) is 3.24. The summed E-state index contributed by atoms with van der Waals surface area (Å²) in [6.45, 7) is 6.94. The van der Waals surface area contributed by atoms with Crippen LogP contribution in [-0.2, 0) is 13.1 Å². The fourth-order valence-electron chi connectivity index (χ4n) is 4.20. The average molecular weight is 461 g/mol. The van der Waals surface area contributed by atoms with Crippen molar-refractivity contribution in [2.75, 3.05) is 39.8 Å². The Balaban J connectivity index is 1.34. The minimum Gasteiger partial charge on any atom is -0.485 e. The van der Waals surface area contributed by atoms with Gasteiger partial charge in [-0.25, -0.2) is 0 Å². The second-order valence-corrected chi connectivity index (χ2v) is 9.46. The number of thiophene rings is 1. The molecular formula is C27H32N4OS. The predicted molar refractivity (Wildman–Crippen MR) is 134 cm³/mol. The number of benzene rings is 2. The van der Waals surface area contributed by atoms with E-state index in [2.05, 4.69) is 75.1 Å². The first-order valence-corrected chi connectivity index (χ1v) is 12.5. The summed E-state index contributed by atoms with van der Waals surface area (Å²) in [5.74, 6) is 0.993. The first-order valence-electron chi connectivity index (χ1n) is 11.6. The first kappa shape index (κ1) is 23.5. The van der Waals surface area contributed by atoms with Crippen LogP contribution < -0.4 is 10.1 Å². The lowest BCUT2D eigenvalue weighted by Crippen LogP contribution is -2.45. The molecule has 4 rings (SSSR count). The van der Waals surface area contributed by atoms with Gasteiger partial charge in [-0.3, -0.25) is 9.80 Å². The molecule has 0 saturated carbocycles. The number of hydrogen-bond donors (Lipinski definition) is 1. The van der Waals surface area contributed by atoms with E-state index in [1.165, 1.54) is 16.0 Å². The summed E-state index contributed by atoms with van der Waals surface area (Å²) in [4.78, 5) is 6.28. The Bertz CT molecular complexity index is 1020. The molecule has 5 nitrogen and oxygen atoms in total. The van der Waals surface area contributed by atoms with Gasteiger partial charge in [-0.15, -0.1) is 11.3 Å². The number of nitrogens with zero attached hydrogens (tertiary/aromatic N) is 3. The molecule has 1 aromatic heterocycles. The van der Waals surface area contributed by atoms with Gasteiger partial charge in [0.25, 0.3) is 0 Å². The van der Waals surface area contributed by atoms with Gasteiger partial charge in [-0.2, -0.15) is 5.26 Å². The van der Waals surface area contributed by atoms with Crippen molar-refractivity contribution < 1.29 is 4.74 Å². The lowest BCUT2D eigenvalue weighted by atomic mass is 10.1. The molecule has 0 aliphatic carbocycles. The molecular weight excluding hydrogens is 428 g/mol. The summed E-state index contributed by atoms with van der Waals surface area (Å²) >= 11 is 1.76. The maximum absolute atomic E-state index is 8.98. The van der Waals surface area contributed by atoms with E-state index in [1.54, 1.807) is 11.3 Å². The lowest BCUT2D eigenvalue weighted by molar-refractivity contribution is 0.119. The predicted octanol–water partition coefficient (Wildman–Crippen LogP) is 4.67. The van der Waals surface area contributed by atoms with Crippen LogP contribution in [0, 0.1) is 11.3 Å². The van der Waals surface area contributed by atoms with Crippen molar-refractivity contribution in [1.29, 1.82) is 5.26 Å². The van der Waals surface area contributed by atoms with Crippen LogP contribution in [0.1, 0.15) is 34.1 Å². The van der Waals surface area contributed by atoms with Crippen LogP contribution in [0.4, 0.5) is 0 Å². The van der Waals surface area contributed by atoms with E-state index >= 15 is 0 Å². The number of para-hydroxylation sites is 1. The fourth-order valence-corrected chi connectivity index (χ4v) is 4.99. The number of rotatable bonds is 10. The number of nitrogens with one attached hydrogen (secondary N) is 1. The molecule has 1 saturated heterocycles. The van der Waals surface area contributed by atoms with Crippen molar-refractivity contribution in [3.8, 4) is 11.8 Å². The third-order valence-electron chi connectivity index (χ3n) is 6.11. The second kappa shape index (κ2) is 12.0. The van der Waals surface area contributed by atoms with Gasteiger partial charge in [0.05, 0.1) is 11.6 Å². The number of ether oxygens (including phenoxy) is 1. The topological polar surface area (TPSA) is 51.5 Å². The average Bonchev–Trinajstić information content (AvgIpc) is 3.39. The van der Waals surface area contributed by atoms with Crippen molar-refractivity contribution in [2.45, 2.75) is 25.6 Å². The number of hydrogen-bond acceptors (Lipinski definition) is 6. The Morgan fingerprint density at radius 3 is 2.36 bits per heavy atom. The number of nitriles is 1. The summed E-state index contributed by atoms with van der Waals surface area (Å²) in [6.07, 6.45) is 1.02. The molecule has 2 heterocycles. The summed E-state index contributed by atoms with van der Waals surface area (Å²) in [6, 6.07) is 22.9. The molecule has 1 N–H and O–H groups in total. The molecule has 2 aromatic carbocycles. The molecule has 33 heavy (non-hydrogen) atoms. The van der Waals surface area contributed by atoms with Gasteiger partial charge in [0, 0.05) is 56.1 Å². The molecule has 0 radical (unpaired) electrons. The lowest BCUT2D eigenvalue weighted by Gasteiger charge is -2.35. The SMILES string of the molecule is CNCCC(Oc1ccccc1CN1CCN(Cc2ccc(C#N)cc2)CC1)c1cccs1. The van der Waals surface area contributed by atoms with Crippen molar-refractivity contribution in [3.63, 3.8) is 0 Å². The Labute approximate surface area is 201 Å². The zero-order valence-corrected chi connectivity index (χ0v) is 20.1. The van der Waals surface area contributed by atoms with Crippen LogP contribution in [0.5, 0.6) is 5.75 Å². The summed E-state index contributed by atoms with van der Waals surface area (Å²) in [5, 5.41) is 14.3. The van der Waals surface area contributed by atoms with Gasteiger partial charge >= 0.3 is 0 Å². The molecule has 1 aliphatic rings. The van der Waals surface area contributed by atoms with Gasteiger partial charge < -0.3 is 10.1 Å². The van der Waals surface area contributed by atoms with E-state index < -0.39 is 0 Å². The first-order chi connectivity index (χ1) is 16.2. The number of piperazine rings is 1. The Morgan fingerprint density at radius 2 is 1.70 bits per heavy atom. The molecule has 172 valence electrons. The molecule has 3 aromatic rings. The molecule has 1 aliphatic heterocycles. The highest BCUT2D eigenvalue weighted by molar-refractivity contribution is 7.10. The van der Waals surface area contributed by atoms with Crippen LogP contribution in [-0.4, -0.2) is 49.6 Å². The molecule has 1 fully saturated rings. The van der Waals surface area contributed by atoms with Crippen molar-refractivity contribution >= 4 is 11.3 Å². The molecule has 6 heteroatoms. The van der Waals surface area contributed by atoms with Crippen LogP contribution in [0.2, 0.25) is 0 Å². The zero-order valence-electron chi connectivity index (χ0n) is 19.2. The van der Waals surface area contributed by atoms with Crippen molar-refractivity contribution in [3.05, 3.63) is 87.6 Å². The summed E-state index contributed by atoms with van der Waals surface area (Å²) in [7, 11) is 1.99. The molecule has 0 amide bonds. The maximum Gasteiger partial charge on any atom is 0.134 e. The van der Waals surface area contributed by atoms with Crippen LogP contribution in [0.3, 0.4) is 0 Å². The molecule has 1 unspecified atom stereocenters. The smallest absolute Gasteiger partial charge is 0.134 e. The highest BCUT2D eigenvalue weighted by Crippen LogP contribution is 2.30. The Hall–Kier alpha value is -2.69. The van der Waals surface area contributed by atoms with Gasteiger partial charge in [0.1, 0.15) is 11.9 Å². The zero-order chi connectivity index (χ0) is 22.9. The molecule has 0 spiro atoms. The Kier molecular flexibility index (Phi) is 8.51. The highest BCUT2D eigenvalue weighted by Gasteiger charge is 2.20. The fraction of sp³-hybridized carbons (Fsp3) is 0.370. The Morgan fingerprint density at radius 1 is 0.970 bits per heavy atom. The van der Waals surface area contributed by atoms with E-state index in [4.69, 9.17) is 10.00 Å². The van der Waals surface area contributed by atoms with Crippen molar-refractivity contribution in [1.82, 2.24) is 15.1 Å². The minimum atomic E-state index is 0.0721. The molecule has 1 atom stereocenters. The normalized spacial score (nSPS) is 15.8. The van der Waals surface area contributed by atoms with E-state index in [9.17, 15) is 0 Å². The van der Waals surface area contributed by atoms with E-state index in [1.807, 2.05) is 19.2 Å². The van der Waals surface area contributed by atoms with Crippen molar-refractivity contribution in [2.24, 2.45) is 0 Å². The second-order valence-electron chi connectivity index (χ2n) is 8.48. The maximum atomic E-state index is 8.98. The van der Waals surface area contributed by atoms with E-state index in [-0.39, 0.29) is 6.10 Å². The monoisotopic (exact) mass is 460 g/mol. The third kappa shape index (κ3) is 6.66. The van der Waals surface area contributed by atoms with Crippen LogP contribution in [0.15, 0.2) is 66.0 Å². The standard InChI is InChI=1S/C27H32N4OS/c1-29-13-12-26(27-7-4-18-33-27)32-25-6-3-2-5-24(25)21-31-16-14-30(15-17-31)20-23-10-8-22(19-28)9-11-23/h2-11,18,26,29H,12-17,20-21H2,1H3. The van der Waals surface area contributed by atoms with E-state index in [0.29, 0.717) is 0 Å². The molecule has 0 bridgehead atoms. The van der Waals surface area contributed by atoms with Gasteiger partial charge in [-0.05, 0) is 48.8 Å². The summed E-state index contributed by atoms with van der Waals surface area (Å²) < 4.78 is 6.56. The van der Waals surface area contributed by atoms with E-state index in [0.717, 1.165) is 63.5 Å². The third-order valence-corrected chi connectivity index (χ3v) is 7.07. The minimum absolute atomic E-state index is 0.0721. The largest absolute Gasteiger partial charge is 0.485 e. The van der Waals surface area contributed by atoms with Crippen LogP contribution >= 0.6 is 11.3 Å². The van der Waals surface area contributed by atoms with Gasteiger partial charge in [0.15, 0.2) is 0 Å². The highest BCUT2D eigenvalue weighted by atomic mass is 32.1.